The lowest BCUT2D eigenvalue weighted by molar-refractivity contribution is 0.328. The number of rotatable bonds is 4. The van der Waals surface area contributed by atoms with Gasteiger partial charge in [-0.2, -0.15) is 4.98 Å². The molecule has 1 saturated carbocycles. The molecule has 18 heavy (non-hydrogen) atoms. The Kier molecular flexibility index (Phi) is 4.28. The van der Waals surface area contributed by atoms with Gasteiger partial charge in [-0.3, -0.25) is 0 Å². The first-order chi connectivity index (χ1) is 8.69. The lowest BCUT2D eigenvalue weighted by Gasteiger charge is -2.28. The van der Waals surface area contributed by atoms with Crippen LogP contribution in [0.2, 0.25) is 0 Å². The minimum Gasteiger partial charge on any atom is -0.476 e. The predicted octanol–water partition coefficient (Wildman–Crippen LogP) is 3.05. The monoisotopic (exact) mass is 249 g/mol. The van der Waals surface area contributed by atoms with E-state index >= 15 is 0 Å². The van der Waals surface area contributed by atoms with Crippen molar-refractivity contribution in [1.29, 1.82) is 0 Å². The summed E-state index contributed by atoms with van der Waals surface area (Å²) in [5, 5.41) is 3.49. The number of aromatic nitrogens is 1. The summed E-state index contributed by atoms with van der Waals surface area (Å²) in [6.45, 7) is 4.83. The number of nitrogen functional groups attached to an aromatic ring is 1. The number of nitrogens with two attached hydrogens (primary N) is 1. The number of ether oxygens (including phenoxy) is 1. The van der Waals surface area contributed by atoms with Crippen LogP contribution in [0.1, 0.15) is 39.5 Å². The molecule has 100 valence electrons. The van der Waals surface area contributed by atoms with Gasteiger partial charge in [-0.25, -0.2) is 0 Å². The minimum atomic E-state index is 0.527. The van der Waals surface area contributed by atoms with Crippen molar-refractivity contribution < 1.29 is 4.74 Å². The summed E-state index contributed by atoms with van der Waals surface area (Å²) < 4.78 is 5.41. The maximum absolute atomic E-state index is 5.82. The second kappa shape index (κ2) is 5.94. The van der Waals surface area contributed by atoms with Gasteiger partial charge < -0.3 is 15.8 Å². The van der Waals surface area contributed by atoms with Crippen LogP contribution in [-0.4, -0.2) is 17.6 Å². The Labute approximate surface area is 109 Å². The van der Waals surface area contributed by atoms with Gasteiger partial charge in [-0.15, -0.1) is 0 Å². The van der Waals surface area contributed by atoms with Crippen molar-refractivity contribution in [3.63, 3.8) is 0 Å². The SMILES string of the molecule is CCOc1nc(NC2CCCC(C)C2)ccc1N. The standard InChI is InChI=1S/C14H23N3O/c1-3-18-14-12(15)7-8-13(17-14)16-11-6-4-5-10(2)9-11/h7-8,10-11H,3-6,9,15H2,1-2H3,(H,16,17). The Balaban J connectivity index is 2.02. The van der Waals surface area contributed by atoms with Crippen molar-refractivity contribution >= 4 is 11.5 Å². The fourth-order valence-electron chi connectivity index (χ4n) is 2.56. The molecule has 3 N–H and O–H groups in total. The highest BCUT2D eigenvalue weighted by atomic mass is 16.5. The van der Waals surface area contributed by atoms with E-state index in [0.717, 1.165) is 11.7 Å². The van der Waals surface area contributed by atoms with E-state index in [0.29, 0.717) is 24.2 Å². The number of pyridine rings is 1. The Morgan fingerprint density at radius 1 is 1.44 bits per heavy atom. The normalized spacial score (nSPS) is 23.7. The van der Waals surface area contributed by atoms with Gasteiger partial charge in [-0.05, 0) is 37.8 Å². The highest BCUT2D eigenvalue weighted by Gasteiger charge is 2.19. The van der Waals surface area contributed by atoms with Gasteiger partial charge in [0, 0.05) is 6.04 Å². The van der Waals surface area contributed by atoms with E-state index in [9.17, 15) is 0 Å². The molecule has 0 aromatic carbocycles. The van der Waals surface area contributed by atoms with E-state index < -0.39 is 0 Å². The number of hydrogen-bond acceptors (Lipinski definition) is 4. The van der Waals surface area contributed by atoms with Crippen LogP contribution >= 0.6 is 0 Å². The fourth-order valence-corrected chi connectivity index (χ4v) is 2.56. The Bertz CT molecular complexity index is 395. The van der Waals surface area contributed by atoms with Crippen LogP contribution in [0.4, 0.5) is 11.5 Å². The molecule has 1 heterocycles. The predicted molar refractivity (Wildman–Crippen MR) is 74.9 cm³/mol. The molecule has 1 aliphatic carbocycles. The van der Waals surface area contributed by atoms with E-state index in [4.69, 9.17) is 10.5 Å². The summed E-state index contributed by atoms with van der Waals surface area (Å²) in [5.41, 5.74) is 6.41. The molecule has 1 aliphatic rings. The first-order valence-corrected chi connectivity index (χ1v) is 6.85. The van der Waals surface area contributed by atoms with E-state index in [1.54, 1.807) is 0 Å². The molecule has 1 fully saturated rings. The molecule has 0 aliphatic heterocycles. The van der Waals surface area contributed by atoms with Crippen LogP contribution in [0.3, 0.4) is 0 Å². The third-order valence-corrected chi connectivity index (χ3v) is 3.46. The summed E-state index contributed by atoms with van der Waals surface area (Å²) >= 11 is 0. The number of nitrogens with zero attached hydrogens (tertiary/aromatic N) is 1. The Hall–Kier alpha value is -1.45. The smallest absolute Gasteiger partial charge is 0.239 e. The van der Waals surface area contributed by atoms with Gasteiger partial charge in [0.2, 0.25) is 5.88 Å². The van der Waals surface area contributed by atoms with Crippen molar-refractivity contribution in [1.82, 2.24) is 4.98 Å². The zero-order valence-electron chi connectivity index (χ0n) is 11.3. The summed E-state index contributed by atoms with van der Waals surface area (Å²) in [7, 11) is 0. The summed E-state index contributed by atoms with van der Waals surface area (Å²) in [6.07, 6.45) is 5.08. The molecule has 2 rings (SSSR count). The minimum absolute atomic E-state index is 0.527. The molecule has 4 heteroatoms. The van der Waals surface area contributed by atoms with E-state index in [2.05, 4.69) is 17.2 Å². The van der Waals surface area contributed by atoms with Crippen LogP contribution in [0.5, 0.6) is 5.88 Å². The van der Waals surface area contributed by atoms with Crippen molar-refractivity contribution in [2.75, 3.05) is 17.7 Å². The van der Waals surface area contributed by atoms with Gasteiger partial charge in [0.15, 0.2) is 0 Å². The third-order valence-electron chi connectivity index (χ3n) is 3.46. The first kappa shape index (κ1) is 13.0. The van der Waals surface area contributed by atoms with Crippen molar-refractivity contribution in [2.24, 2.45) is 5.92 Å². The topological polar surface area (TPSA) is 60.2 Å². The highest BCUT2D eigenvalue weighted by molar-refractivity contribution is 5.53. The van der Waals surface area contributed by atoms with Gasteiger partial charge in [0.25, 0.3) is 0 Å². The van der Waals surface area contributed by atoms with Crippen molar-refractivity contribution in [3.8, 4) is 5.88 Å². The lowest BCUT2D eigenvalue weighted by atomic mass is 9.87. The second-order valence-electron chi connectivity index (χ2n) is 5.14. The van der Waals surface area contributed by atoms with E-state index in [1.165, 1.54) is 25.7 Å². The molecular formula is C14H23N3O. The molecule has 1 aromatic rings. The summed E-state index contributed by atoms with van der Waals surface area (Å²) in [6, 6.07) is 4.31. The Morgan fingerprint density at radius 2 is 2.28 bits per heavy atom. The summed E-state index contributed by atoms with van der Waals surface area (Å²) in [4.78, 5) is 4.42. The highest BCUT2D eigenvalue weighted by Crippen LogP contribution is 2.27. The number of nitrogens with one attached hydrogen (secondary N) is 1. The average molecular weight is 249 g/mol. The zero-order chi connectivity index (χ0) is 13.0. The van der Waals surface area contributed by atoms with Crippen molar-refractivity contribution in [2.45, 2.75) is 45.6 Å². The van der Waals surface area contributed by atoms with E-state index in [1.807, 2.05) is 19.1 Å². The Morgan fingerprint density at radius 3 is 3.00 bits per heavy atom. The largest absolute Gasteiger partial charge is 0.476 e. The molecule has 0 bridgehead atoms. The van der Waals surface area contributed by atoms with Gasteiger partial charge in [0.1, 0.15) is 5.82 Å². The molecule has 0 amide bonds. The van der Waals surface area contributed by atoms with Crippen LogP contribution in [0, 0.1) is 5.92 Å². The molecule has 2 atom stereocenters. The molecule has 2 unspecified atom stereocenters. The lowest BCUT2D eigenvalue weighted by Crippen LogP contribution is -2.26. The van der Waals surface area contributed by atoms with Crippen LogP contribution in [0.25, 0.3) is 0 Å². The average Bonchev–Trinajstić information content (AvgIpc) is 2.34. The maximum Gasteiger partial charge on any atom is 0.239 e. The first-order valence-electron chi connectivity index (χ1n) is 6.85. The summed E-state index contributed by atoms with van der Waals surface area (Å²) in [5.74, 6) is 2.20. The quantitative estimate of drug-likeness (QED) is 0.861. The number of anilines is 2. The van der Waals surface area contributed by atoms with Gasteiger partial charge in [-0.1, -0.05) is 19.8 Å². The zero-order valence-corrected chi connectivity index (χ0v) is 11.3. The van der Waals surface area contributed by atoms with Crippen LogP contribution < -0.4 is 15.8 Å². The number of hydrogen-bond donors (Lipinski definition) is 2. The fraction of sp³-hybridized carbons (Fsp3) is 0.643. The molecule has 1 aromatic heterocycles. The van der Waals surface area contributed by atoms with Gasteiger partial charge >= 0.3 is 0 Å². The van der Waals surface area contributed by atoms with Crippen molar-refractivity contribution in [3.05, 3.63) is 12.1 Å². The molecule has 0 saturated heterocycles. The maximum atomic E-state index is 5.82. The molecular weight excluding hydrogens is 226 g/mol. The third kappa shape index (κ3) is 3.28. The van der Waals surface area contributed by atoms with E-state index in [-0.39, 0.29) is 0 Å². The molecule has 0 radical (unpaired) electrons. The van der Waals surface area contributed by atoms with Gasteiger partial charge in [0.05, 0.1) is 12.3 Å². The molecule has 4 nitrogen and oxygen atoms in total. The second-order valence-corrected chi connectivity index (χ2v) is 5.14. The van der Waals surface area contributed by atoms with Crippen LogP contribution in [-0.2, 0) is 0 Å². The van der Waals surface area contributed by atoms with Crippen LogP contribution in [0.15, 0.2) is 12.1 Å². The molecule has 0 spiro atoms.